The molecule has 1 aliphatic heterocycles. The molecule has 0 aromatic heterocycles. The SMILES string of the molecule is CCCNCc1ccccc1CN1CCC(CCC)C1. The number of nitrogens with zero attached hydrogens (tertiary/aromatic N) is 1. The summed E-state index contributed by atoms with van der Waals surface area (Å²) in [6.45, 7) is 10.3. The van der Waals surface area contributed by atoms with Crippen molar-refractivity contribution in [3.05, 3.63) is 35.4 Å². The van der Waals surface area contributed by atoms with Gasteiger partial charge in [-0.25, -0.2) is 0 Å². The predicted octanol–water partition coefficient (Wildman–Crippen LogP) is 3.81. The molecule has 1 saturated heterocycles. The summed E-state index contributed by atoms with van der Waals surface area (Å²) in [6.07, 6.45) is 5.32. The molecule has 1 aromatic carbocycles. The van der Waals surface area contributed by atoms with E-state index >= 15 is 0 Å². The maximum atomic E-state index is 3.53. The molecular formula is C18H30N2. The van der Waals surface area contributed by atoms with Crippen LogP contribution < -0.4 is 5.32 Å². The van der Waals surface area contributed by atoms with E-state index in [0.717, 1.165) is 25.6 Å². The molecule has 112 valence electrons. The maximum Gasteiger partial charge on any atom is 0.0237 e. The minimum atomic E-state index is 0.936. The lowest BCUT2D eigenvalue weighted by molar-refractivity contribution is 0.311. The minimum absolute atomic E-state index is 0.936. The van der Waals surface area contributed by atoms with Crippen molar-refractivity contribution in [2.24, 2.45) is 5.92 Å². The van der Waals surface area contributed by atoms with Gasteiger partial charge in [-0.2, -0.15) is 0 Å². The van der Waals surface area contributed by atoms with Gasteiger partial charge in [0.05, 0.1) is 0 Å². The zero-order valence-corrected chi connectivity index (χ0v) is 13.2. The van der Waals surface area contributed by atoms with Crippen LogP contribution >= 0.6 is 0 Å². The Labute approximate surface area is 124 Å². The first-order chi connectivity index (χ1) is 9.83. The van der Waals surface area contributed by atoms with Crippen LogP contribution in [-0.4, -0.2) is 24.5 Å². The summed E-state index contributed by atoms with van der Waals surface area (Å²) in [6, 6.07) is 8.92. The highest BCUT2D eigenvalue weighted by Crippen LogP contribution is 2.23. The Morgan fingerprint density at radius 2 is 1.95 bits per heavy atom. The van der Waals surface area contributed by atoms with Gasteiger partial charge in [-0.15, -0.1) is 0 Å². The molecular weight excluding hydrogens is 244 g/mol. The summed E-state index contributed by atoms with van der Waals surface area (Å²) in [4.78, 5) is 2.64. The fourth-order valence-corrected chi connectivity index (χ4v) is 3.23. The second kappa shape index (κ2) is 8.43. The van der Waals surface area contributed by atoms with Gasteiger partial charge < -0.3 is 5.32 Å². The molecule has 0 amide bonds. The van der Waals surface area contributed by atoms with Crippen LogP contribution in [0.5, 0.6) is 0 Å². The molecule has 2 heteroatoms. The van der Waals surface area contributed by atoms with Gasteiger partial charge in [-0.1, -0.05) is 44.5 Å². The molecule has 2 nitrogen and oxygen atoms in total. The fraction of sp³-hybridized carbons (Fsp3) is 0.667. The van der Waals surface area contributed by atoms with E-state index < -0.39 is 0 Å². The summed E-state index contributed by atoms with van der Waals surface area (Å²) in [7, 11) is 0. The number of hydrogen-bond donors (Lipinski definition) is 1. The van der Waals surface area contributed by atoms with Gasteiger partial charge >= 0.3 is 0 Å². The topological polar surface area (TPSA) is 15.3 Å². The average Bonchev–Trinajstić information content (AvgIpc) is 2.89. The van der Waals surface area contributed by atoms with E-state index in [1.165, 1.54) is 49.9 Å². The molecule has 1 fully saturated rings. The van der Waals surface area contributed by atoms with E-state index in [1.54, 1.807) is 0 Å². The first kappa shape index (κ1) is 15.5. The van der Waals surface area contributed by atoms with E-state index in [-0.39, 0.29) is 0 Å². The highest BCUT2D eigenvalue weighted by Gasteiger charge is 2.21. The Morgan fingerprint density at radius 1 is 1.15 bits per heavy atom. The minimum Gasteiger partial charge on any atom is -0.313 e. The van der Waals surface area contributed by atoms with Crippen LogP contribution in [0.3, 0.4) is 0 Å². The molecule has 0 bridgehead atoms. The van der Waals surface area contributed by atoms with Crippen molar-refractivity contribution in [1.82, 2.24) is 10.2 Å². The largest absolute Gasteiger partial charge is 0.313 e. The molecule has 0 aliphatic carbocycles. The smallest absolute Gasteiger partial charge is 0.0237 e. The molecule has 1 aromatic rings. The van der Waals surface area contributed by atoms with Crippen LogP contribution in [0.15, 0.2) is 24.3 Å². The maximum absolute atomic E-state index is 3.53. The summed E-state index contributed by atoms with van der Waals surface area (Å²) in [5, 5.41) is 3.53. The summed E-state index contributed by atoms with van der Waals surface area (Å²) < 4.78 is 0. The summed E-state index contributed by atoms with van der Waals surface area (Å²) >= 11 is 0. The molecule has 1 N–H and O–H groups in total. The van der Waals surface area contributed by atoms with Crippen molar-refractivity contribution in [2.45, 2.75) is 52.6 Å². The lowest BCUT2D eigenvalue weighted by Crippen LogP contribution is -2.22. The third kappa shape index (κ3) is 4.60. The molecule has 1 heterocycles. The lowest BCUT2D eigenvalue weighted by atomic mass is 10.0. The van der Waals surface area contributed by atoms with Crippen molar-refractivity contribution < 1.29 is 0 Å². The van der Waals surface area contributed by atoms with Gasteiger partial charge in [0.2, 0.25) is 0 Å². The van der Waals surface area contributed by atoms with Crippen LogP contribution in [0, 0.1) is 5.92 Å². The predicted molar refractivity (Wildman–Crippen MR) is 86.7 cm³/mol. The van der Waals surface area contributed by atoms with Crippen LogP contribution in [0.1, 0.15) is 50.7 Å². The van der Waals surface area contributed by atoms with Gasteiger partial charge in [0.1, 0.15) is 0 Å². The second-order valence-corrected chi connectivity index (χ2v) is 6.12. The number of benzene rings is 1. The normalized spacial score (nSPS) is 19.6. The van der Waals surface area contributed by atoms with Crippen molar-refractivity contribution in [1.29, 1.82) is 0 Å². The van der Waals surface area contributed by atoms with E-state index in [1.807, 2.05) is 0 Å². The van der Waals surface area contributed by atoms with E-state index in [0.29, 0.717) is 0 Å². The van der Waals surface area contributed by atoms with Gasteiger partial charge in [-0.3, -0.25) is 4.90 Å². The quantitative estimate of drug-likeness (QED) is 0.725. The van der Waals surface area contributed by atoms with Crippen molar-refractivity contribution in [3.63, 3.8) is 0 Å². The fourth-order valence-electron chi connectivity index (χ4n) is 3.23. The Morgan fingerprint density at radius 3 is 2.70 bits per heavy atom. The van der Waals surface area contributed by atoms with Gasteiger partial charge in [0.25, 0.3) is 0 Å². The third-order valence-corrected chi connectivity index (χ3v) is 4.32. The first-order valence-corrected chi connectivity index (χ1v) is 8.33. The number of likely N-dealkylation sites (tertiary alicyclic amines) is 1. The molecule has 0 radical (unpaired) electrons. The molecule has 0 saturated carbocycles. The third-order valence-electron chi connectivity index (χ3n) is 4.32. The van der Waals surface area contributed by atoms with Crippen LogP contribution in [-0.2, 0) is 13.1 Å². The van der Waals surface area contributed by atoms with Crippen LogP contribution in [0.2, 0.25) is 0 Å². The highest BCUT2D eigenvalue weighted by molar-refractivity contribution is 5.27. The zero-order chi connectivity index (χ0) is 14.2. The van der Waals surface area contributed by atoms with Crippen molar-refractivity contribution in [3.8, 4) is 0 Å². The van der Waals surface area contributed by atoms with Crippen LogP contribution in [0.4, 0.5) is 0 Å². The van der Waals surface area contributed by atoms with E-state index in [4.69, 9.17) is 0 Å². The van der Waals surface area contributed by atoms with Crippen LogP contribution in [0.25, 0.3) is 0 Å². The Hall–Kier alpha value is -0.860. The summed E-state index contributed by atoms with van der Waals surface area (Å²) in [5.41, 5.74) is 2.98. The molecule has 20 heavy (non-hydrogen) atoms. The van der Waals surface area contributed by atoms with E-state index in [2.05, 4.69) is 48.3 Å². The lowest BCUT2D eigenvalue weighted by Gasteiger charge is -2.18. The van der Waals surface area contributed by atoms with Crippen molar-refractivity contribution >= 4 is 0 Å². The molecule has 1 atom stereocenters. The number of hydrogen-bond acceptors (Lipinski definition) is 2. The number of rotatable bonds is 8. The van der Waals surface area contributed by atoms with Gasteiger partial charge in [0.15, 0.2) is 0 Å². The second-order valence-electron chi connectivity index (χ2n) is 6.12. The molecule has 0 spiro atoms. The standard InChI is InChI=1S/C18H30N2/c1-3-7-16-10-12-20(14-16)15-18-9-6-5-8-17(18)13-19-11-4-2/h5-6,8-9,16,19H,3-4,7,10-15H2,1-2H3. The van der Waals surface area contributed by atoms with Gasteiger partial charge in [-0.05, 0) is 49.4 Å². The average molecular weight is 274 g/mol. The monoisotopic (exact) mass is 274 g/mol. The molecule has 1 unspecified atom stereocenters. The summed E-state index contributed by atoms with van der Waals surface area (Å²) in [5.74, 6) is 0.936. The Kier molecular flexibility index (Phi) is 6.55. The zero-order valence-electron chi connectivity index (χ0n) is 13.2. The Balaban J connectivity index is 1.89. The molecule has 2 rings (SSSR count). The van der Waals surface area contributed by atoms with Crippen molar-refractivity contribution in [2.75, 3.05) is 19.6 Å². The molecule has 1 aliphatic rings. The van der Waals surface area contributed by atoms with Gasteiger partial charge in [0, 0.05) is 19.6 Å². The van der Waals surface area contributed by atoms with E-state index in [9.17, 15) is 0 Å². The Bertz CT molecular complexity index is 389. The number of nitrogens with one attached hydrogen (secondary N) is 1. The highest BCUT2D eigenvalue weighted by atomic mass is 15.1. The first-order valence-electron chi connectivity index (χ1n) is 8.33.